The second-order valence-electron chi connectivity index (χ2n) is 5.22. The average molecular weight is 235 g/mol. The summed E-state index contributed by atoms with van der Waals surface area (Å²) in [6.07, 6.45) is 7.29. The maximum atomic E-state index is 12.5. The summed E-state index contributed by atoms with van der Waals surface area (Å²) < 4.78 is 1.87. The molecule has 2 N–H and O–H groups in total. The second-order valence-corrected chi connectivity index (χ2v) is 5.22. The van der Waals surface area contributed by atoms with Gasteiger partial charge >= 0.3 is 0 Å². The number of hydrogen-bond acceptors (Lipinski definition) is 3. The zero-order valence-electron chi connectivity index (χ0n) is 10.6. The predicted octanol–water partition coefficient (Wildman–Crippen LogP) is 1.99. The molecular weight excluding hydrogens is 214 g/mol. The fourth-order valence-electron chi connectivity index (χ4n) is 2.79. The van der Waals surface area contributed by atoms with Crippen LogP contribution in [0.2, 0.25) is 0 Å². The maximum absolute atomic E-state index is 12.5. The topological polar surface area (TPSA) is 60.9 Å². The van der Waals surface area contributed by atoms with Crippen LogP contribution in [-0.2, 0) is 6.54 Å². The number of carbonyl (C=O) groups excluding carboxylic acids is 1. The molecule has 1 aliphatic carbocycles. The smallest absolute Gasteiger partial charge is 0.217 e. The van der Waals surface area contributed by atoms with Crippen molar-refractivity contribution >= 4 is 5.78 Å². The standard InChI is InChI=1S/C13H21N3O/c1-3-16-8-7-15-12(16)11(17)13(14)6-4-5-10(2)9-13/h7-8,10H,3-6,9,14H2,1-2H3. The van der Waals surface area contributed by atoms with Gasteiger partial charge in [0.1, 0.15) is 0 Å². The Labute approximate surface area is 102 Å². The third kappa shape index (κ3) is 2.27. The first kappa shape index (κ1) is 12.3. The molecule has 0 amide bonds. The minimum absolute atomic E-state index is 0.0101. The van der Waals surface area contributed by atoms with E-state index in [1.807, 2.05) is 17.7 Å². The zero-order valence-corrected chi connectivity index (χ0v) is 10.6. The first-order chi connectivity index (χ1) is 8.07. The molecule has 0 saturated heterocycles. The van der Waals surface area contributed by atoms with E-state index in [1.54, 1.807) is 6.20 Å². The van der Waals surface area contributed by atoms with Gasteiger partial charge in [0.25, 0.3) is 0 Å². The fraction of sp³-hybridized carbons (Fsp3) is 0.692. The van der Waals surface area contributed by atoms with E-state index in [0.29, 0.717) is 11.7 Å². The molecule has 2 rings (SSSR count). The van der Waals surface area contributed by atoms with Gasteiger partial charge in [-0.25, -0.2) is 4.98 Å². The number of hydrogen-bond donors (Lipinski definition) is 1. The number of rotatable bonds is 3. The van der Waals surface area contributed by atoms with Crippen LogP contribution in [0.15, 0.2) is 12.4 Å². The van der Waals surface area contributed by atoms with Crippen LogP contribution >= 0.6 is 0 Å². The minimum atomic E-state index is -0.698. The largest absolute Gasteiger partial charge is 0.329 e. The summed E-state index contributed by atoms with van der Waals surface area (Å²) in [5.41, 5.74) is 5.61. The molecule has 1 heterocycles. The Morgan fingerprint density at radius 2 is 2.47 bits per heavy atom. The number of aromatic nitrogens is 2. The summed E-state index contributed by atoms with van der Waals surface area (Å²) in [7, 11) is 0. The van der Waals surface area contributed by atoms with Gasteiger partial charge in [0.2, 0.25) is 5.78 Å². The van der Waals surface area contributed by atoms with E-state index in [-0.39, 0.29) is 5.78 Å². The SMILES string of the molecule is CCn1ccnc1C(=O)C1(N)CCCC(C)C1. The number of carbonyl (C=O) groups is 1. The second kappa shape index (κ2) is 4.61. The summed E-state index contributed by atoms with van der Waals surface area (Å²) in [5.74, 6) is 1.06. The third-order valence-corrected chi connectivity index (χ3v) is 3.74. The molecular formula is C13H21N3O. The number of nitrogens with two attached hydrogens (primary N) is 1. The molecule has 1 aromatic rings. The summed E-state index contributed by atoms with van der Waals surface area (Å²) in [6.45, 7) is 4.93. The summed E-state index contributed by atoms with van der Waals surface area (Å²) >= 11 is 0. The van der Waals surface area contributed by atoms with E-state index in [0.717, 1.165) is 25.8 Å². The lowest BCUT2D eigenvalue weighted by molar-refractivity contribution is 0.0804. The fourth-order valence-corrected chi connectivity index (χ4v) is 2.79. The molecule has 0 aromatic carbocycles. The minimum Gasteiger partial charge on any atom is -0.329 e. The first-order valence-electron chi connectivity index (χ1n) is 6.41. The normalized spacial score (nSPS) is 29.2. The molecule has 1 fully saturated rings. The van der Waals surface area contributed by atoms with Crippen LogP contribution in [-0.4, -0.2) is 20.9 Å². The van der Waals surface area contributed by atoms with Crippen LogP contribution in [0, 0.1) is 5.92 Å². The molecule has 4 nitrogen and oxygen atoms in total. The Bertz CT molecular complexity index is 413. The Balaban J connectivity index is 2.24. The first-order valence-corrected chi connectivity index (χ1v) is 6.41. The van der Waals surface area contributed by atoms with Crippen LogP contribution < -0.4 is 5.73 Å². The van der Waals surface area contributed by atoms with Crippen molar-refractivity contribution in [3.05, 3.63) is 18.2 Å². The van der Waals surface area contributed by atoms with Crippen LogP contribution in [0.3, 0.4) is 0 Å². The Morgan fingerprint density at radius 3 is 3.12 bits per heavy atom. The molecule has 2 unspecified atom stereocenters. The van der Waals surface area contributed by atoms with Crippen molar-refractivity contribution in [2.45, 2.75) is 51.6 Å². The molecule has 0 spiro atoms. The zero-order chi connectivity index (χ0) is 12.5. The monoisotopic (exact) mass is 235 g/mol. The van der Waals surface area contributed by atoms with Gasteiger partial charge in [-0.2, -0.15) is 0 Å². The highest BCUT2D eigenvalue weighted by atomic mass is 16.1. The molecule has 4 heteroatoms. The number of nitrogens with zero attached hydrogens (tertiary/aromatic N) is 2. The van der Waals surface area contributed by atoms with Crippen LogP contribution in [0.4, 0.5) is 0 Å². The molecule has 1 aliphatic rings. The summed E-state index contributed by atoms with van der Waals surface area (Å²) in [5, 5.41) is 0. The van der Waals surface area contributed by atoms with Crippen molar-refractivity contribution in [3.63, 3.8) is 0 Å². The van der Waals surface area contributed by atoms with Gasteiger partial charge in [0, 0.05) is 18.9 Å². The van der Waals surface area contributed by atoms with Gasteiger partial charge in [0.05, 0.1) is 5.54 Å². The van der Waals surface area contributed by atoms with E-state index in [9.17, 15) is 4.79 Å². The number of ketones is 1. The molecule has 1 saturated carbocycles. The lowest BCUT2D eigenvalue weighted by atomic mass is 9.74. The number of imidazole rings is 1. The number of aryl methyl sites for hydroxylation is 1. The average Bonchev–Trinajstić information content (AvgIpc) is 2.75. The van der Waals surface area contributed by atoms with Crippen molar-refractivity contribution in [2.24, 2.45) is 11.7 Å². The van der Waals surface area contributed by atoms with Gasteiger partial charge in [-0.3, -0.25) is 4.79 Å². The highest BCUT2D eigenvalue weighted by Crippen LogP contribution is 2.32. The van der Waals surface area contributed by atoms with Crippen molar-refractivity contribution in [3.8, 4) is 0 Å². The van der Waals surface area contributed by atoms with Crippen LogP contribution in [0.1, 0.15) is 50.1 Å². The van der Waals surface area contributed by atoms with Crippen molar-refractivity contribution in [2.75, 3.05) is 0 Å². The van der Waals surface area contributed by atoms with Crippen molar-refractivity contribution in [1.29, 1.82) is 0 Å². The van der Waals surface area contributed by atoms with Crippen molar-refractivity contribution < 1.29 is 4.79 Å². The summed E-state index contributed by atoms with van der Waals surface area (Å²) in [4.78, 5) is 16.7. The Hall–Kier alpha value is -1.16. The van der Waals surface area contributed by atoms with E-state index in [4.69, 9.17) is 5.73 Å². The third-order valence-electron chi connectivity index (χ3n) is 3.74. The van der Waals surface area contributed by atoms with E-state index < -0.39 is 5.54 Å². The predicted molar refractivity (Wildman–Crippen MR) is 66.8 cm³/mol. The van der Waals surface area contributed by atoms with Crippen molar-refractivity contribution in [1.82, 2.24) is 9.55 Å². The van der Waals surface area contributed by atoms with Gasteiger partial charge in [-0.05, 0) is 25.7 Å². The highest BCUT2D eigenvalue weighted by molar-refractivity contribution is 6.00. The molecule has 2 atom stereocenters. The molecule has 0 bridgehead atoms. The van der Waals surface area contributed by atoms with Gasteiger partial charge in [0.15, 0.2) is 5.82 Å². The lowest BCUT2D eigenvalue weighted by Gasteiger charge is -2.35. The van der Waals surface area contributed by atoms with Gasteiger partial charge in [-0.15, -0.1) is 0 Å². The Morgan fingerprint density at radius 1 is 1.71 bits per heavy atom. The van der Waals surface area contributed by atoms with Gasteiger partial charge in [-0.1, -0.05) is 19.8 Å². The molecule has 0 radical (unpaired) electrons. The van der Waals surface area contributed by atoms with Gasteiger partial charge < -0.3 is 10.3 Å². The molecule has 1 aromatic heterocycles. The van der Waals surface area contributed by atoms with E-state index in [1.165, 1.54) is 6.42 Å². The highest BCUT2D eigenvalue weighted by Gasteiger charge is 2.40. The molecule has 94 valence electrons. The van der Waals surface area contributed by atoms with Crippen LogP contribution in [0.5, 0.6) is 0 Å². The summed E-state index contributed by atoms with van der Waals surface area (Å²) in [6, 6.07) is 0. The molecule has 0 aliphatic heterocycles. The lowest BCUT2D eigenvalue weighted by Crippen LogP contribution is -2.51. The number of Topliss-reactive ketones (excluding diaryl/α,β-unsaturated/α-hetero) is 1. The molecule has 17 heavy (non-hydrogen) atoms. The van der Waals surface area contributed by atoms with E-state index in [2.05, 4.69) is 11.9 Å². The van der Waals surface area contributed by atoms with E-state index >= 15 is 0 Å². The Kier molecular flexibility index (Phi) is 3.33. The maximum Gasteiger partial charge on any atom is 0.217 e. The van der Waals surface area contributed by atoms with Crippen LogP contribution in [0.25, 0.3) is 0 Å². The quantitative estimate of drug-likeness (QED) is 0.815.